The van der Waals surface area contributed by atoms with Crippen molar-refractivity contribution >= 4 is 34.1 Å². The van der Waals surface area contributed by atoms with Crippen LogP contribution in [0, 0.1) is 0 Å². The average Bonchev–Trinajstić information content (AvgIpc) is 2.88. The molecule has 0 saturated heterocycles. The number of ether oxygens (including phenoxy) is 1. The van der Waals surface area contributed by atoms with Crippen molar-refractivity contribution in [1.82, 2.24) is 4.57 Å². The summed E-state index contributed by atoms with van der Waals surface area (Å²) >= 11 is 0. The predicted molar refractivity (Wildman–Crippen MR) is 90.6 cm³/mol. The molecule has 0 amide bonds. The SMILES string of the molecule is C=C(C)C(=O)OCCn1c2ccccc2c2cc(C=O)ccc21. The van der Waals surface area contributed by atoms with Crippen molar-refractivity contribution in [2.24, 2.45) is 0 Å². The normalized spacial score (nSPS) is 10.8. The van der Waals surface area contributed by atoms with Gasteiger partial charge in [-0.3, -0.25) is 4.79 Å². The Hall–Kier alpha value is -2.88. The highest BCUT2D eigenvalue weighted by Crippen LogP contribution is 2.29. The lowest BCUT2D eigenvalue weighted by Gasteiger charge is -2.08. The van der Waals surface area contributed by atoms with E-state index in [2.05, 4.69) is 11.1 Å². The Labute approximate surface area is 134 Å². The molecule has 1 heterocycles. The second-order valence-electron chi connectivity index (χ2n) is 5.48. The second kappa shape index (κ2) is 6.08. The molecule has 0 fully saturated rings. The molecule has 0 bridgehead atoms. The molecule has 3 rings (SSSR count). The number of carbonyl (C=O) groups excluding carboxylic acids is 2. The standard InChI is InChI=1S/C19H17NO3/c1-13(2)19(22)23-10-9-20-17-6-4-3-5-15(17)16-11-14(12-21)7-8-18(16)20/h3-8,11-12H,1,9-10H2,2H3. The first-order valence-electron chi connectivity index (χ1n) is 7.40. The zero-order valence-corrected chi connectivity index (χ0v) is 12.9. The number of carbonyl (C=O) groups is 2. The number of benzene rings is 2. The van der Waals surface area contributed by atoms with Crippen molar-refractivity contribution < 1.29 is 14.3 Å². The van der Waals surface area contributed by atoms with Crippen LogP contribution >= 0.6 is 0 Å². The zero-order chi connectivity index (χ0) is 16.4. The van der Waals surface area contributed by atoms with Crippen molar-refractivity contribution in [1.29, 1.82) is 0 Å². The van der Waals surface area contributed by atoms with Crippen molar-refractivity contribution in [2.75, 3.05) is 6.61 Å². The number of hydrogen-bond donors (Lipinski definition) is 0. The maximum atomic E-state index is 11.5. The van der Waals surface area contributed by atoms with Gasteiger partial charge in [0.15, 0.2) is 0 Å². The van der Waals surface area contributed by atoms with E-state index in [1.54, 1.807) is 13.0 Å². The third-order valence-electron chi connectivity index (χ3n) is 3.83. The molecule has 0 N–H and O–H groups in total. The van der Waals surface area contributed by atoms with Gasteiger partial charge in [0.05, 0.1) is 6.54 Å². The molecule has 4 nitrogen and oxygen atoms in total. The lowest BCUT2D eigenvalue weighted by atomic mass is 10.1. The highest BCUT2D eigenvalue weighted by atomic mass is 16.5. The van der Waals surface area contributed by atoms with Gasteiger partial charge in [0, 0.05) is 32.9 Å². The van der Waals surface area contributed by atoms with Crippen LogP contribution < -0.4 is 0 Å². The Morgan fingerprint density at radius 2 is 1.91 bits per heavy atom. The molecule has 0 saturated carbocycles. The molecule has 0 aliphatic rings. The van der Waals surface area contributed by atoms with Gasteiger partial charge < -0.3 is 9.30 Å². The van der Waals surface area contributed by atoms with Crippen LogP contribution in [0.15, 0.2) is 54.6 Å². The quantitative estimate of drug-likeness (QED) is 0.410. The highest BCUT2D eigenvalue weighted by Gasteiger charge is 2.11. The van der Waals surface area contributed by atoms with E-state index in [0.29, 0.717) is 17.7 Å². The molecule has 0 aliphatic carbocycles. The summed E-state index contributed by atoms with van der Waals surface area (Å²) in [6.45, 7) is 6.02. The smallest absolute Gasteiger partial charge is 0.333 e. The third kappa shape index (κ3) is 2.75. The van der Waals surface area contributed by atoms with Crippen LogP contribution in [0.1, 0.15) is 17.3 Å². The van der Waals surface area contributed by atoms with Crippen LogP contribution in [0.4, 0.5) is 0 Å². The van der Waals surface area contributed by atoms with Crippen LogP contribution in [0.5, 0.6) is 0 Å². The van der Waals surface area contributed by atoms with Gasteiger partial charge in [0.25, 0.3) is 0 Å². The minimum absolute atomic E-state index is 0.273. The Bertz CT molecular complexity index is 921. The summed E-state index contributed by atoms with van der Waals surface area (Å²) in [5.74, 6) is -0.381. The van der Waals surface area contributed by atoms with E-state index in [4.69, 9.17) is 4.74 Å². The fraction of sp³-hybridized carbons (Fsp3) is 0.158. The molecule has 1 aromatic heterocycles. The Morgan fingerprint density at radius 3 is 2.65 bits per heavy atom. The van der Waals surface area contributed by atoms with Gasteiger partial charge in [-0.25, -0.2) is 4.79 Å². The Balaban J connectivity index is 2.02. The number of para-hydroxylation sites is 1. The fourth-order valence-corrected chi connectivity index (χ4v) is 2.74. The first kappa shape index (κ1) is 15.0. The van der Waals surface area contributed by atoms with Gasteiger partial charge in [0.1, 0.15) is 12.9 Å². The van der Waals surface area contributed by atoms with E-state index < -0.39 is 0 Å². The van der Waals surface area contributed by atoms with E-state index in [1.807, 2.05) is 36.4 Å². The van der Waals surface area contributed by atoms with Gasteiger partial charge in [-0.2, -0.15) is 0 Å². The van der Waals surface area contributed by atoms with Gasteiger partial charge in [0.2, 0.25) is 0 Å². The minimum atomic E-state index is -0.381. The number of aldehydes is 1. The van der Waals surface area contributed by atoms with Crippen LogP contribution in [-0.4, -0.2) is 23.4 Å². The summed E-state index contributed by atoms with van der Waals surface area (Å²) < 4.78 is 7.31. The summed E-state index contributed by atoms with van der Waals surface area (Å²) in [5, 5.41) is 2.11. The molecule has 0 radical (unpaired) electrons. The molecular formula is C19H17NO3. The van der Waals surface area contributed by atoms with E-state index in [-0.39, 0.29) is 12.6 Å². The molecule has 4 heteroatoms. The molecule has 0 aliphatic heterocycles. The highest BCUT2D eigenvalue weighted by molar-refractivity contribution is 6.09. The molecule has 23 heavy (non-hydrogen) atoms. The third-order valence-corrected chi connectivity index (χ3v) is 3.83. The molecule has 0 unspecified atom stereocenters. The summed E-state index contributed by atoms with van der Waals surface area (Å²) in [6.07, 6.45) is 0.847. The number of fused-ring (bicyclic) bond motifs is 3. The average molecular weight is 307 g/mol. The number of rotatable bonds is 5. The van der Waals surface area contributed by atoms with Crippen molar-refractivity contribution in [2.45, 2.75) is 13.5 Å². The lowest BCUT2D eigenvalue weighted by Crippen LogP contribution is -2.11. The van der Waals surface area contributed by atoms with Crippen molar-refractivity contribution in [3.8, 4) is 0 Å². The molecule has 2 aromatic carbocycles. The summed E-state index contributed by atoms with van der Waals surface area (Å²) in [7, 11) is 0. The first-order chi connectivity index (χ1) is 11.1. The second-order valence-corrected chi connectivity index (χ2v) is 5.48. The maximum absolute atomic E-state index is 11.5. The largest absolute Gasteiger partial charge is 0.460 e. The topological polar surface area (TPSA) is 48.3 Å². The minimum Gasteiger partial charge on any atom is -0.460 e. The van der Waals surface area contributed by atoms with Crippen molar-refractivity contribution in [3.05, 3.63) is 60.2 Å². The van der Waals surface area contributed by atoms with E-state index in [1.165, 1.54) is 0 Å². The first-order valence-corrected chi connectivity index (χ1v) is 7.40. The Morgan fingerprint density at radius 1 is 1.17 bits per heavy atom. The maximum Gasteiger partial charge on any atom is 0.333 e. The number of esters is 1. The molecule has 0 spiro atoms. The van der Waals surface area contributed by atoms with Gasteiger partial charge in [-0.15, -0.1) is 0 Å². The van der Waals surface area contributed by atoms with E-state index in [0.717, 1.165) is 28.1 Å². The van der Waals surface area contributed by atoms with Crippen molar-refractivity contribution in [3.63, 3.8) is 0 Å². The van der Waals surface area contributed by atoms with E-state index >= 15 is 0 Å². The number of aromatic nitrogens is 1. The van der Waals surface area contributed by atoms with Crippen LogP contribution in [0.3, 0.4) is 0 Å². The summed E-state index contributed by atoms with van der Waals surface area (Å²) in [6, 6.07) is 13.6. The molecular weight excluding hydrogens is 290 g/mol. The van der Waals surface area contributed by atoms with Crippen LogP contribution in [0.2, 0.25) is 0 Å². The zero-order valence-electron chi connectivity index (χ0n) is 12.9. The lowest BCUT2D eigenvalue weighted by molar-refractivity contribution is -0.139. The van der Waals surface area contributed by atoms with Crippen LogP contribution in [0.25, 0.3) is 21.8 Å². The van der Waals surface area contributed by atoms with E-state index in [9.17, 15) is 9.59 Å². The monoisotopic (exact) mass is 307 g/mol. The summed E-state index contributed by atoms with van der Waals surface area (Å²) in [5.41, 5.74) is 3.11. The van der Waals surface area contributed by atoms with Gasteiger partial charge in [-0.05, 0) is 31.2 Å². The Kier molecular flexibility index (Phi) is 3.98. The van der Waals surface area contributed by atoms with Gasteiger partial charge in [-0.1, -0.05) is 24.8 Å². The van der Waals surface area contributed by atoms with Crippen LogP contribution in [-0.2, 0) is 16.1 Å². The molecule has 116 valence electrons. The number of nitrogens with zero attached hydrogens (tertiary/aromatic N) is 1. The predicted octanol–water partition coefficient (Wildman–Crippen LogP) is 3.73. The number of hydrogen-bond acceptors (Lipinski definition) is 3. The fourth-order valence-electron chi connectivity index (χ4n) is 2.74. The molecule has 3 aromatic rings. The molecule has 0 atom stereocenters. The summed E-state index contributed by atoms with van der Waals surface area (Å²) in [4.78, 5) is 22.5. The van der Waals surface area contributed by atoms with Gasteiger partial charge >= 0.3 is 5.97 Å².